The van der Waals surface area contributed by atoms with E-state index in [1.54, 1.807) is 0 Å². The van der Waals surface area contributed by atoms with Crippen molar-refractivity contribution in [1.29, 1.82) is 0 Å². The molecule has 2 fully saturated rings. The zero-order chi connectivity index (χ0) is 13.2. The van der Waals surface area contributed by atoms with E-state index >= 15 is 0 Å². The van der Waals surface area contributed by atoms with E-state index in [4.69, 9.17) is 4.74 Å². The molecule has 1 aromatic rings. The van der Waals surface area contributed by atoms with Gasteiger partial charge in [-0.05, 0) is 24.0 Å². The molecule has 3 rings (SSSR count). The van der Waals surface area contributed by atoms with E-state index in [9.17, 15) is 0 Å². The zero-order valence-corrected chi connectivity index (χ0v) is 11.9. The number of likely N-dealkylation sites (tertiary alicyclic amines) is 1. The molecule has 19 heavy (non-hydrogen) atoms. The van der Waals surface area contributed by atoms with Gasteiger partial charge in [-0.15, -0.1) is 0 Å². The molecule has 0 aliphatic carbocycles. The Labute approximate surface area is 115 Å². The van der Waals surface area contributed by atoms with E-state index in [1.165, 1.54) is 24.2 Å². The Bertz CT molecular complexity index is 429. The van der Waals surface area contributed by atoms with Gasteiger partial charge < -0.3 is 10.1 Å². The number of ether oxygens (including phenoxy) is 1. The lowest BCUT2D eigenvalue weighted by Gasteiger charge is -2.34. The van der Waals surface area contributed by atoms with E-state index in [2.05, 4.69) is 48.3 Å². The summed E-state index contributed by atoms with van der Waals surface area (Å²) in [5, 5.41) is 3.74. The first-order valence-electron chi connectivity index (χ1n) is 7.41. The second-order valence-corrected chi connectivity index (χ2v) is 6.06. The van der Waals surface area contributed by atoms with Crippen LogP contribution in [0.1, 0.15) is 31.7 Å². The normalized spacial score (nSPS) is 24.7. The summed E-state index contributed by atoms with van der Waals surface area (Å²) in [7, 11) is 0. The van der Waals surface area contributed by atoms with Gasteiger partial charge in [0, 0.05) is 24.8 Å². The molecule has 104 valence electrons. The minimum absolute atomic E-state index is 0.571. The van der Waals surface area contributed by atoms with Gasteiger partial charge in [-0.3, -0.25) is 4.90 Å². The average Bonchev–Trinajstić information content (AvgIpc) is 2.75. The van der Waals surface area contributed by atoms with Crippen molar-refractivity contribution in [2.45, 2.75) is 38.3 Å². The van der Waals surface area contributed by atoms with Gasteiger partial charge in [0.05, 0.1) is 19.3 Å². The second-order valence-electron chi connectivity index (χ2n) is 6.06. The lowest BCUT2D eigenvalue weighted by molar-refractivity contribution is -0.0571. The van der Waals surface area contributed by atoms with Crippen LogP contribution < -0.4 is 5.32 Å². The summed E-state index contributed by atoms with van der Waals surface area (Å²) in [6.07, 6.45) is 1.24. The van der Waals surface area contributed by atoms with Crippen LogP contribution in [0.3, 0.4) is 0 Å². The third kappa shape index (κ3) is 2.77. The summed E-state index contributed by atoms with van der Waals surface area (Å²) in [5.74, 6) is 0.571. The van der Waals surface area contributed by atoms with Crippen molar-refractivity contribution in [2.75, 3.05) is 31.6 Å². The highest BCUT2D eigenvalue weighted by molar-refractivity contribution is 5.53. The van der Waals surface area contributed by atoms with Crippen LogP contribution in [0.15, 0.2) is 24.3 Å². The van der Waals surface area contributed by atoms with Crippen molar-refractivity contribution in [3.8, 4) is 0 Å². The summed E-state index contributed by atoms with van der Waals surface area (Å²) < 4.78 is 5.29. The smallest absolute Gasteiger partial charge is 0.0645 e. The quantitative estimate of drug-likeness (QED) is 0.901. The summed E-state index contributed by atoms with van der Waals surface area (Å²) in [6.45, 7) is 8.72. The van der Waals surface area contributed by atoms with E-state index in [0.29, 0.717) is 18.0 Å². The number of hydrogen-bond acceptors (Lipinski definition) is 3. The van der Waals surface area contributed by atoms with Crippen LogP contribution in [0.2, 0.25) is 0 Å². The van der Waals surface area contributed by atoms with Gasteiger partial charge in [-0.1, -0.05) is 32.0 Å². The second kappa shape index (κ2) is 5.51. The Balaban J connectivity index is 1.62. The molecule has 0 amide bonds. The molecule has 0 radical (unpaired) electrons. The van der Waals surface area contributed by atoms with Gasteiger partial charge in [0.25, 0.3) is 0 Å². The third-order valence-electron chi connectivity index (χ3n) is 4.30. The predicted octanol–water partition coefficient (Wildman–Crippen LogP) is 2.70. The molecule has 2 aliphatic heterocycles. The first-order valence-corrected chi connectivity index (χ1v) is 7.41. The lowest BCUT2D eigenvalue weighted by atomic mass is 10.0. The Morgan fingerprint density at radius 3 is 2.74 bits per heavy atom. The summed E-state index contributed by atoms with van der Waals surface area (Å²) in [4.78, 5) is 2.57. The summed E-state index contributed by atoms with van der Waals surface area (Å²) >= 11 is 0. The van der Waals surface area contributed by atoms with Crippen LogP contribution in [0, 0.1) is 0 Å². The van der Waals surface area contributed by atoms with Crippen LogP contribution in [0.5, 0.6) is 0 Å². The van der Waals surface area contributed by atoms with Crippen molar-refractivity contribution in [3.05, 3.63) is 29.8 Å². The van der Waals surface area contributed by atoms with Crippen LogP contribution in [0.25, 0.3) is 0 Å². The summed E-state index contributed by atoms with van der Waals surface area (Å²) in [6, 6.07) is 9.96. The molecule has 3 heteroatoms. The average molecular weight is 260 g/mol. The number of benzene rings is 1. The molecule has 0 spiro atoms. The van der Waals surface area contributed by atoms with Gasteiger partial charge in [0.15, 0.2) is 0 Å². The SMILES string of the molecule is CC(C)c1ccccc1N[C@@H]1CCN(C2COC2)C1. The first kappa shape index (κ1) is 12.9. The maximum Gasteiger partial charge on any atom is 0.0645 e. The minimum Gasteiger partial charge on any atom is -0.381 e. The largest absolute Gasteiger partial charge is 0.381 e. The van der Waals surface area contributed by atoms with Crippen LogP contribution >= 0.6 is 0 Å². The fourth-order valence-corrected chi connectivity index (χ4v) is 3.02. The van der Waals surface area contributed by atoms with E-state index in [-0.39, 0.29) is 0 Å². The van der Waals surface area contributed by atoms with Gasteiger partial charge in [-0.25, -0.2) is 0 Å². The molecule has 3 nitrogen and oxygen atoms in total. The highest BCUT2D eigenvalue weighted by atomic mass is 16.5. The van der Waals surface area contributed by atoms with E-state index in [0.717, 1.165) is 19.8 Å². The number of para-hydroxylation sites is 1. The fourth-order valence-electron chi connectivity index (χ4n) is 3.02. The first-order chi connectivity index (χ1) is 9.24. The Morgan fingerprint density at radius 2 is 2.05 bits per heavy atom. The van der Waals surface area contributed by atoms with E-state index < -0.39 is 0 Å². The molecule has 1 aromatic carbocycles. The number of rotatable bonds is 4. The molecule has 0 bridgehead atoms. The fraction of sp³-hybridized carbons (Fsp3) is 0.625. The number of hydrogen-bond donors (Lipinski definition) is 1. The monoisotopic (exact) mass is 260 g/mol. The predicted molar refractivity (Wildman–Crippen MR) is 78.7 cm³/mol. The van der Waals surface area contributed by atoms with Crippen molar-refractivity contribution in [1.82, 2.24) is 4.90 Å². The van der Waals surface area contributed by atoms with Crippen molar-refractivity contribution >= 4 is 5.69 Å². The molecule has 2 heterocycles. The standard InChI is InChI=1S/C16H24N2O/c1-12(2)15-5-3-4-6-16(15)17-13-7-8-18(9-13)14-10-19-11-14/h3-6,12-14,17H,7-11H2,1-2H3/t13-/m1/s1. The van der Waals surface area contributed by atoms with Gasteiger partial charge in [-0.2, -0.15) is 0 Å². The lowest BCUT2D eigenvalue weighted by Crippen LogP contribution is -2.48. The van der Waals surface area contributed by atoms with Crippen molar-refractivity contribution in [2.24, 2.45) is 0 Å². The molecule has 1 atom stereocenters. The van der Waals surface area contributed by atoms with Crippen LogP contribution in [0.4, 0.5) is 5.69 Å². The maximum absolute atomic E-state index is 5.29. The van der Waals surface area contributed by atoms with Crippen molar-refractivity contribution in [3.63, 3.8) is 0 Å². The van der Waals surface area contributed by atoms with Gasteiger partial charge >= 0.3 is 0 Å². The minimum atomic E-state index is 0.571. The Kier molecular flexibility index (Phi) is 3.76. The van der Waals surface area contributed by atoms with Crippen LogP contribution in [-0.2, 0) is 4.74 Å². The Hall–Kier alpha value is -1.06. The maximum atomic E-state index is 5.29. The molecular weight excluding hydrogens is 236 g/mol. The van der Waals surface area contributed by atoms with Crippen LogP contribution in [-0.4, -0.2) is 43.3 Å². The number of nitrogens with one attached hydrogen (secondary N) is 1. The molecule has 0 aromatic heterocycles. The molecule has 2 aliphatic rings. The third-order valence-corrected chi connectivity index (χ3v) is 4.30. The van der Waals surface area contributed by atoms with Crippen molar-refractivity contribution < 1.29 is 4.74 Å². The highest BCUT2D eigenvalue weighted by Gasteiger charge is 2.32. The molecule has 0 saturated carbocycles. The Morgan fingerprint density at radius 1 is 1.26 bits per heavy atom. The highest BCUT2D eigenvalue weighted by Crippen LogP contribution is 2.26. The van der Waals surface area contributed by atoms with Gasteiger partial charge in [0.2, 0.25) is 0 Å². The molecule has 1 N–H and O–H groups in total. The van der Waals surface area contributed by atoms with E-state index in [1.807, 2.05) is 0 Å². The zero-order valence-electron chi connectivity index (χ0n) is 11.9. The molecular formula is C16H24N2O. The molecule has 0 unspecified atom stereocenters. The van der Waals surface area contributed by atoms with Gasteiger partial charge in [0.1, 0.15) is 0 Å². The summed E-state index contributed by atoms with van der Waals surface area (Å²) in [5.41, 5.74) is 2.74. The topological polar surface area (TPSA) is 24.5 Å². The molecule has 2 saturated heterocycles. The number of anilines is 1. The number of nitrogens with zero attached hydrogens (tertiary/aromatic N) is 1.